The number of rotatable bonds is 7. The first kappa shape index (κ1) is 21.9. The average Bonchev–Trinajstić information content (AvgIpc) is 3.00. The van der Waals surface area contributed by atoms with E-state index in [2.05, 4.69) is 30.6 Å². The third kappa shape index (κ3) is 6.28. The third-order valence-corrected chi connectivity index (χ3v) is 3.37. The van der Waals surface area contributed by atoms with Crippen LogP contribution in [0.25, 0.3) is 0 Å². The molecule has 0 saturated heterocycles. The Balaban J connectivity index is 0.00000338. The molecule has 0 radical (unpaired) electrons. The first-order valence-electron chi connectivity index (χ1n) is 7.42. The number of nitrogens with zero attached hydrogens (tertiary/aromatic N) is 4. The molecule has 26 heavy (non-hydrogen) atoms. The Hall–Kier alpha value is -2.18. The third-order valence-electron chi connectivity index (χ3n) is 3.37. The van der Waals surface area contributed by atoms with E-state index in [0.717, 1.165) is 5.82 Å². The van der Waals surface area contributed by atoms with Gasteiger partial charge in [0.2, 0.25) is 0 Å². The second kappa shape index (κ2) is 10.7. The zero-order chi connectivity index (χ0) is 18.2. The van der Waals surface area contributed by atoms with Crippen molar-refractivity contribution < 1.29 is 18.3 Å². The highest BCUT2D eigenvalue weighted by molar-refractivity contribution is 14.0. The molecule has 2 N–H and O–H groups in total. The number of nitrogens with one attached hydrogen (secondary N) is 2. The van der Waals surface area contributed by atoms with Crippen molar-refractivity contribution in [1.82, 2.24) is 25.4 Å². The number of aliphatic imine (C=N–C) groups is 1. The van der Waals surface area contributed by atoms with E-state index >= 15 is 0 Å². The summed E-state index contributed by atoms with van der Waals surface area (Å²) in [6.45, 7) is -2.27. The van der Waals surface area contributed by atoms with Crippen LogP contribution in [-0.4, -0.2) is 41.5 Å². The highest BCUT2D eigenvalue weighted by Gasteiger charge is 2.12. The number of guanidine groups is 1. The lowest BCUT2D eigenvalue weighted by Gasteiger charge is -2.15. The van der Waals surface area contributed by atoms with Gasteiger partial charge < -0.3 is 24.7 Å². The van der Waals surface area contributed by atoms with E-state index in [4.69, 9.17) is 4.74 Å². The molecule has 0 atom stereocenters. The van der Waals surface area contributed by atoms with Crippen molar-refractivity contribution in [2.24, 2.45) is 12.0 Å². The SMILES string of the molecule is CN=C(NCc1cc(OC)ccc1OC(F)F)NCc1nncn1C.I. The number of ether oxygens (including phenoxy) is 2. The van der Waals surface area contributed by atoms with Crippen LogP contribution in [0, 0.1) is 0 Å². The molecule has 0 fully saturated rings. The number of hydrogen-bond donors (Lipinski definition) is 2. The van der Waals surface area contributed by atoms with Crippen LogP contribution in [0.3, 0.4) is 0 Å². The lowest BCUT2D eigenvalue weighted by atomic mass is 10.2. The van der Waals surface area contributed by atoms with Gasteiger partial charge in [-0.05, 0) is 18.2 Å². The molecule has 1 heterocycles. The topological polar surface area (TPSA) is 85.6 Å². The standard InChI is InChI=1S/C15H20F2N6O2.HI/c1-18-15(20-8-13-22-21-9-23(13)2)19-7-10-6-11(24-3)4-5-12(10)25-14(16)17;/h4-6,9,14H,7-8H2,1-3H3,(H2,18,19,20);1H. The molecule has 1 aromatic heterocycles. The van der Waals surface area contributed by atoms with Gasteiger partial charge in [0.15, 0.2) is 11.8 Å². The first-order chi connectivity index (χ1) is 12.0. The Morgan fingerprint density at radius 1 is 1.31 bits per heavy atom. The van der Waals surface area contributed by atoms with Crippen LogP contribution in [0.2, 0.25) is 0 Å². The minimum Gasteiger partial charge on any atom is -0.497 e. The Labute approximate surface area is 167 Å². The fourth-order valence-corrected chi connectivity index (χ4v) is 2.06. The molecule has 0 saturated carbocycles. The molecule has 8 nitrogen and oxygen atoms in total. The summed E-state index contributed by atoms with van der Waals surface area (Å²) in [5, 5.41) is 13.8. The van der Waals surface area contributed by atoms with Gasteiger partial charge in [0, 0.05) is 26.2 Å². The number of aryl methyl sites for hydroxylation is 1. The van der Waals surface area contributed by atoms with Gasteiger partial charge in [-0.3, -0.25) is 4.99 Å². The van der Waals surface area contributed by atoms with Crippen molar-refractivity contribution in [2.45, 2.75) is 19.7 Å². The van der Waals surface area contributed by atoms with E-state index in [1.807, 2.05) is 7.05 Å². The number of aromatic nitrogens is 3. The molecule has 0 aliphatic rings. The molecular weight excluding hydrogens is 461 g/mol. The van der Waals surface area contributed by atoms with E-state index in [1.165, 1.54) is 13.2 Å². The average molecular weight is 482 g/mol. The molecule has 0 unspecified atom stereocenters. The molecule has 11 heteroatoms. The molecule has 0 bridgehead atoms. The molecule has 0 aliphatic carbocycles. The van der Waals surface area contributed by atoms with E-state index in [0.29, 0.717) is 23.8 Å². The summed E-state index contributed by atoms with van der Waals surface area (Å²) in [7, 11) is 4.94. The summed E-state index contributed by atoms with van der Waals surface area (Å²) < 4.78 is 36.5. The normalized spacial score (nSPS) is 11.1. The fraction of sp³-hybridized carbons (Fsp3) is 0.400. The predicted octanol–water partition coefficient (Wildman–Crippen LogP) is 1.91. The Kier molecular flexibility index (Phi) is 9.02. The van der Waals surface area contributed by atoms with Crippen molar-refractivity contribution >= 4 is 29.9 Å². The lowest BCUT2D eigenvalue weighted by Crippen LogP contribution is -2.37. The molecule has 0 aliphatic heterocycles. The highest BCUT2D eigenvalue weighted by atomic mass is 127. The summed E-state index contributed by atoms with van der Waals surface area (Å²) in [4.78, 5) is 4.08. The van der Waals surface area contributed by atoms with E-state index in [1.54, 1.807) is 30.1 Å². The quantitative estimate of drug-likeness (QED) is 0.357. The zero-order valence-corrected chi connectivity index (χ0v) is 16.9. The smallest absolute Gasteiger partial charge is 0.387 e. The molecule has 1 aromatic carbocycles. The van der Waals surface area contributed by atoms with Gasteiger partial charge in [-0.2, -0.15) is 8.78 Å². The number of alkyl halides is 2. The monoisotopic (exact) mass is 482 g/mol. The van der Waals surface area contributed by atoms with Gasteiger partial charge in [-0.25, -0.2) is 0 Å². The largest absolute Gasteiger partial charge is 0.497 e. The maximum absolute atomic E-state index is 12.5. The summed E-state index contributed by atoms with van der Waals surface area (Å²) in [6.07, 6.45) is 1.59. The number of hydrogen-bond acceptors (Lipinski definition) is 5. The number of methoxy groups -OCH3 is 1. The van der Waals surface area contributed by atoms with Gasteiger partial charge in [0.25, 0.3) is 0 Å². The second-order valence-corrected chi connectivity index (χ2v) is 4.99. The number of benzene rings is 1. The predicted molar refractivity (Wildman–Crippen MR) is 103 cm³/mol. The maximum atomic E-state index is 12.5. The Morgan fingerprint density at radius 2 is 2.04 bits per heavy atom. The van der Waals surface area contributed by atoms with E-state index in [9.17, 15) is 8.78 Å². The molecule has 2 rings (SSSR count). The van der Waals surface area contributed by atoms with Gasteiger partial charge in [-0.1, -0.05) is 0 Å². The Morgan fingerprint density at radius 3 is 2.62 bits per heavy atom. The fourth-order valence-electron chi connectivity index (χ4n) is 2.06. The molecule has 144 valence electrons. The lowest BCUT2D eigenvalue weighted by molar-refractivity contribution is -0.0504. The van der Waals surface area contributed by atoms with Gasteiger partial charge in [0.05, 0.1) is 13.7 Å². The van der Waals surface area contributed by atoms with Crippen LogP contribution in [0.1, 0.15) is 11.4 Å². The molecule has 0 spiro atoms. The van der Waals surface area contributed by atoms with E-state index < -0.39 is 6.61 Å². The number of halogens is 3. The van der Waals surface area contributed by atoms with Gasteiger partial charge in [0.1, 0.15) is 17.8 Å². The van der Waals surface area contributed by atoms with Crippen molar-refractivity contribution in [3.8, 4) is 11.5 Å². The summed E-state index contributed by atoms with van der Waals surface area (Å²) in [5.41, 5.74) is 0.515. The van der Waals surface area contributed by atoms with Crippen molar-refractivity contribution in [1.29, 1.82) is 0 Å². The van der Waals surface area contributed by atoms with Crippen LogP contribution in [0.5, 0.6) is 11.5 Å². The van der Waals surface area contributed by atoms with Crippen molar-refractivity contribution in [2.75, 3.05) is 14.2 Å². The molecular formula is C15H21F2IN6O2. The van der Waals surface area contributed by atoms with E-state index in [-0.39, 0.29) is 36.3 Å². The van der Waals surface area contributed by atoms with Crippen molar-refractivity contribution in [3.63, 3.8) is 0 Å². The maximum Gasteiger partial charge on any atom is 0.387 e. The van der Waals surface area contributed by atoms with Crippen LogP contribution >= 0.6 is 24.0 Å². The first-order valence-corrected chi connectivity index (χ1v) is 7.42. The summed E-state index contributed by atoms with van der Waals surface area (Å²) in [5.74, 6) is 1.83. The van der Waals surface area contributed by atoms with Crippen LogP contribution in [0.15, 0.2) is 29.5 Å². The van der Waals surface area contributed by atoms with Crippen LogP contribution in [-0.2, 0) is 20.1 Å². The molecule has 0 amide bonds. The highest BCUT2D eigenvalue weighted by Crippen LogP contribution is 2.25. The van der Waals surface area contributed by atoms with Gasteiger partial charge in [-0.15, -0.1) is 34.2 Å². The van der Waals surface area contributed by atoms with Crippen LogP contribution < -0.4 is 20.1 Å². The van der Waals surface area contributed by atoms with Crippen molar-refractivity contribution in [3.05, 3.63) is 35.9 Å². The molecule has 2 aromatic rings. The minimum absolute atomic E-state index is 0. The Bertz CT molecular complexity index is 726. The second-order valence-electron chi connectivity index (χ2n) is 4.99. The van der Waals surface area contributed by atoms with Gasteiger partial charge >= 0.3 is 6.61 Å². The summed E-state index contributed by atoms with van der Waals surface area (Å²) in [6, 6.07) is 4.63. The minimum atomic E-state index is -2.90. The zero-order valence-electron chi connectivity index (χ0n) is 14.6. The summed E-state index contributed by atoms with van der Waals surface area (Å²) >= 11 is 0. The van der Waals surface area contributed by atoms with Crippen LogP contribution in [0.4, 0.5) is 8.78 Å².